The molecule has 1 heterocycles. The van der Waals surface area contributed by atoms with Gasteiger partial charge in [-0.1, -0.05) is 6.92 Å². The molecule has 1 aliphatic rings. The van der Waals surface area contributed by atoms with Gasteiger partial charge in [0.15, 0.2) is 0 Å². The zero-order valence-corrected chi connectivity index (χ0v) is 10.2. The van der Waals surface area contributed by atoms with Crippen LogP contribution in [0.2, 0.25) is 0 Å². The van der Waals surface area contributed by atoms with Crippen LogP contribution in [-0.2, 0) is 4.74 Å². The van der Waals surface area contributed by atoms with Crippen molar-refractivity contribution in [2.24, 2.45) is 0 Å². The third kappa shape index (κ3) is 6.24. The molecule has 0 amide bonds. The lowest BCUT2D eigenvalue weighted by molar-refractivity contribution is -0.174. The van der Waals surface area contributed by atoms with Gasteiger partial charge in [-0.25, -0.2) is 0 Å². The van der Waals surface area contributed by atoms with Gasteiger partial charge in [-0.3, -0.25) is 4.90 Å². The molecule has 1 saturated heterocycles. The molecule has 1 fully saturated rings. The predicted molar refractivity (Wildman–Crippen MR) is 60.0 cm³/mol. The highest BCUT2D eigenvalue weighted by Crippen LogP contribution is 2.14. The fraction of sp³-hybridized carbons (Fsp3) is 1.00. The molecule has 1 N–H and O–H groups in total. The second kappa shape index (κ2) is 7.18. The van der Waals surface area contributed by atoms with Gasteiger partial charge in [0.25, 0.3) is 0 Å². The fourth-order valence-electron chi connectivity index (χ4n) is 1.85. The molecular formula is C11H21F3N2O. The quantitative estimate of drug-likeness (QED) is 0.666. The van der Waals surface area contributed by atoms with Gasteiger partial charge in [0.1, 0.15) is 6.61 Å². The summed E-state index contributed by atoms with van der Waals surface area (Å²) < 4.78 is 40.0. The summed E-state index contributed by atoms with van der Waals surface area (Å²) in [6.45, 7) is 4.96. The van der Waals surface area contributed by atoms with Crippen molar-refractivity contribution >= 4 is 0 Å². The average molecular weight is 254 g/mol. The van der Waals surface area contributed by atoms with Gasteiger partial charge in [-0.05, 0) is 19.4 Å². The lowest BCUT2D eigenvalue weighted by atomic mass is 10.1. The first-order valence-corrected chi connectivity index (χ1v) is 6.12. The summed E-state index contributed by atoms with van der Waals surface area (Å²) in [5.74, 6) is 0. The molecule has 1 rings (SSSR count). The van der Waals surface area contributed by atoms with E-state index in [0.29, 0.717) is 12.5 Å². The molecule has 17 heavy (non-hydrogen) atoms. The largest absolute Gasteiger partial charge is 0.411 e. The summed E-state index contributed by atoms with van der Waals surface area (Å²) in [5, 5.41) is 3.20. The van der Waals surface area contributed by atoms with E-state index in [-0.39, 0.29) is 6.61 Å². The van der Waals surface area contributed by atoms with E-state index in [1.54, 1.807) is 0 Å². The van der Waals surface area contributed by atoms with Crippen molar-refractivity contribution < 1.29 is 17.9 Å². The van der Waals surface area contributed by atoms with Gasteiger partial charge in [-0.15, -0.1) is 0 Å². The number of rotatable bonds is 8. The third-order valence-electron chi connectivity index (χ3n) is 2.79. The first kappa shape index (κ1) is 14.7. The first-order chi connectivity index (χ1) is 8.03. The van der Waals surface area contributed by atoms with Gasteiger partial charge in [-0.2, -0.15) is 13.2 Å². The Morgan fingerprint density at radius 3 is 2.47 bits per heavy atom. The Hall–Kier alpha value is -0.330. The van der Waals surface area contributed by atoms with Crippen LogP contribution in [0.3, 0.4) is 0 Å². The van der Waals surface area contributed by atoms with Crippen LogP contribution in [0.4, 0.5) is 13.2 Å². The van der Waals surface area contributed by atoms with Crippen molar-refractivity contribution in [2.75, 3.05) is 39.4 Å². The number of halogens is 3. The van der Waals surface area contributed by atoms with Crippen LogP contribution in [0.15, 0.2) is 0 Å². The topological polar surface area (TPSA) is 24.5 Å². The van der Waals surface area contributed by atoms with Crippen LogP contribution in [0.1, 0.15) is 19.8 Å². The van der Waals surface area contributed by atoms with Crippen LogP contribution in [-0.4, -0.2) is 56.5 Å². The molecule has 0 aliphatic carbocycles. The average Bonchev–Trinajstić information content (AvgIpc) is 2.12. The molecule has 0 bridgehead atoms. The van der Waals surface area contributed by atoms with Crippen LogP contribution in [0.5, 0.6) is 0 Å². The van der Waals surface area contributed by atoms with Crippen molar-refractivity contribution in [2.45, 2.75) is 32.0 Å². The lowest BCUT2D eigenvalue weighted by Gasteiger charge is -2.38. The van der Waals surface area contributed by atoms with Gasteiger partial charge in [0.05, 0.1) is 0 Å². The number of nitrogens with zero attached hydrogens (tertiary/aromatic N) is 1. The van der Waals surface area contributed by atoms with E-state index in [9.17, 15) is 13.2 Å². The van der Waals surface area contributed by atoms with Gasteiger partial charge in [0, 0.05) is 32.3 Å². The Balaban J connectivity index is 2.06. The van der Waals surface area contributed by atoms with Gasteiger partial charge < -0.3 is 10.1 Å². The van der Waals surface area contributed by atoms with E-state index in [1.807, 2.05) is 0 Å². The van der Waals surface area contributed by atoms with E-state index >= 15 is 0 Å². The maximum atomic E-state index is 11.8. The highest BCUT2D eigenvalue weighted by Gasteiger charge is 2.27. The van der Waals surface area contributed by atoms with E-state index < -0.39 is 12.8 Å². The van der Waals surface area contributed by atoms with Crippen LogP contribution >= 0.6 is 0 Å². The lowest BCUT2D eigenvalue weighted by Crippen LogP contribution is -2.57. The van der Waals surface area contributed by atoms with E-state index in [0.717, 1.165) is 32.6 Å². The molecule has 0 aromatic carbocycles. The summed E-state index contributed by atoms with van der Waals surface area (Å²) >= 11 is 0. The molecule has 102 valence electrons. The molecule has 1 aliphatic heterocycles. The summed E-state index contributed by atoms with van der Waals surface area (Å²) in [5.41, 5.74) is 0. The highest BCUT2D eigenvalue weighted by molar-refractivity contribution is 4.84. The number of nitrogens with one attached hydrogen (secondary N) is 1. The minimum Gasteiger partial charge on any atom is -0.372 e. The number of alkyl halides is 3. The molecular weight excluding hydrogens is 233 g/mol. The van der Waals surface area contributed by atoms with E-state index in [4.69, 9.17) is 0 Å². The molecule has 0 saturated carbocycles. The monoisotopic (exact) mass is 254 g/mol. The minimum absolute atomic E-state index is 0.180. The molecule has 0 unspecified atom stereocenters. The molecule has 0 aromatic heterocycles. The molecule has 0 spiro atoms. The van der Waals surface area contributed by atoms with Crippen molar-refractivity contribution in [1.29, 1.82) is 0 Å². The Kier molecular flexibility index (Phi) is 6.22. The molecule has 3 nitrogen and oxygen atoms in total. The Morgan fingerprint density at radius 1 is 1.29 bits per heavy atom. The highest BCUT2D eigenvalue weighted by atomic mass is 19.4. The normalized spacial score (nSPS) is 17.5. The van der Waals surface area contributed by atoms with Crippen LogP contribution < -0.4 is 5.32 Å². The Labute approximate surface area is 100 Å². The number of hydrogen-bond acceptors (Lipinski definition) is 3. The molecule has 0 atom stereocenters. The third-order valence-corrected chi connectivity index (χ3v) is 2.79. The molecule has 0 aromatic rings. The Bertz CT molecular complexity index is 207. The van der Waals surface area contributed by atoms with Crippen molar-refractivity contribution in [1.82, 2.24) is 10.2 Å². The maximum absolute atomic E-state index is 11.8. The van der Waals surface area contributed by atoms with Gasteiger partial charge >= 0.3 is 6.18 Å². The second-order valence-corrected chi connectivity index (χ2v) is 4.37. The summed E-state index contributed by atoms with van der Waals surface area (Å²) in [6.07, 6.45) is -2.48. The summed E-state index contributed by atoms with van der Waals surface area (Å²) in [7, 11) is 0. The zero-order chi connectivity index (χ0) is 12.7. The summed E-state index contributed by atoms with van der Waals surface area (Å²) in [6, 6.07) is 0.553. The SMILES string of the molecule is CCCN(CCCOCC(F)(F)F)C1CNC1. The second-order valence-electron chi connectivity index (χ2n) is 4.37. The fourth-order valence-corrected chi connectivity index (χ4v) is 1.85. The van der Waals surface area contributed by atoms with E-state index in [2.05, 4.69) is 21.9 Å². The Morgan fingerprint density at radius 2 is 2.00 bits per heavy atom. The number of ether oxygens (including phenoxy) is 1. The van der Waals surface area contributed by atoms with Gasteiger partial charge in [0.2, 0.25) is 0 Å². The predicted octanol–water partition coefficient (Wildman–Crippen LogP) is 1.64. The van der Waals surface area contributed by atoms with Crippen LogP contribution in [0.25, 0.3) is 0 Å². The molecule has 6 heteroatoms. The van der Waals surface area contributed by atoms with Crippen molar-refractivity contribution in [3.8, 4) is 0 Å². The van der Waals surface area contributed by atoms with Crippen molar-refractivity contribution in [3.05, 3.63) is 0 Å². The summed E-state index contributed by atoms with van der Waals surface area (Å²) in [4.78, 5) is 2.33. The minimum atomic E-state index is -4.21. The zero-order valence-electron chi connectivity index (χ0n) is 10.2. The smallest absolute Gasteiger partial charge is 0.372 e. The van der Waals surface area contributed by atoms with Crippen LogP contribution in [0, 0.1) is 0 Å². The van der Waals surface area contributed by atoms with E-state index in [1.165, 1.54) is 0 Å². The maximum Gasteiger partial charge on any atom is 0.411 e. The first-order valence-electron chi connectivity index (χ1n) is 6.12. The molecule has 0 radical (unpaired) electrons. The van der Waals surface area contributed by atoms with Crippen molar-refractivity contribution in [3.63, 3.8) is 0 Å². The number of hydrogen-bond donors (Lipinski definition) is 1. The standard InChI is InChI=1S/C11H21F3N2O/c1-2-4-16(10-7-15-8-10)5-3-6-17-9-11(12,13)14/h10,15H,2-9H2,1H3.